The predicted molar refractivity (Wildman–Crippen MR) is 114 cm³/mol. The van der Waals surface area contributed by atoms with E-state index < -0.39 is 11.6 Å². The number of pyridine rings is 1. The SMILES string of the molecule is CCCCOC(=O)NC(C)(C)Cn1c(COCC)nc2cnc3ccccc3c21. The average Bonchev–Trinajstić information content (AvgIpc) is 3.03. The number of hydrogen-bond acceptors (Lipinski definition) is 5. The number of carbonyl (C=O) groups excluding carboxylic acids is 1. The Morgan fingerprint density at radius 2 is 2.00 bits per heavy atom. The highest BCUT2D eigenvalue weighted by Gasteiger charge is 2.25. The molecule has 0 radical (unpaired) electrons. The van der Waals surface area contributed by atoms with Crippen LogP contribution in [0.15, 0.2) is 30.5 Å². The van der Waals surface area contributed by atoms with Crippen molar-refractivity contribution in [3.05, 3.63) is 36.3 Å². The molecule has 1 aromatic carbocycles. The molecule has 0 aliphatic carbocycles. The summed E-state index contributed by atoms with van der Waals surface area (Å²) in [6.07, 6.45) is 3.24. The number of hydrogen-bond donors (Lipinski definition) is 1. The topological polar surface area (TPSA) is 78.3 Å². The second kappa shape index (κ2) is 9.22. The molecule has 2 heterocycles. The molecule has 0 bridgehead atoms. The van der Waals surface area contributed by atoms with Crippen molar-refractivity contribution >= 4 is 28.0 Å². The molecule has 2 aromatic heterocycles. The number of carbonyl (C=O) groups is 1. The number of amides is 1. The lowest BCUT2D eigenvalue weighted by atomic mass is 10.1. The number of imidazole rings is 1. The summed E-state index contributed by atoms with van der Waals surface area (Å²) < 4.78 is 13.1. The molecular formula is C22H30N4O3. The van der Waals surface area contributed by atoms with Crippen molar-refractivity contribution in [2.45, 2.75) is 59.2 Å². The van der Waals surface area contributed by atoms with E-state index in [0.29, 0.717) is 26.4 Å². The summed E-state index contributed by atoms with van der Waals surface area (Å²) in [6, 6.07) is 8.01. The van der Waals surface area contributed by atoms with Crippen molar-refractivity contribution in [3.8, 4) is 0 Å². The normalized spacial score (nSPS) is 11.9. The van der Waals surface area contributed by atoms with E-state index in [1.54, 1.807) is 6.20 Å². The van der Waals surface area contributed by atoms with E-state index in [2.05, 4.69) is 21.8 Å². The molecule has 1 N–H and O–H groups in total. The van der Waals surface area contributed by atoms with Gasteiger partial charge in [-0.25, -0.2) is 9.78 Å². The van der Waals surface area contributed by atoms with E-state index in [9.17, 15) is 4.79 Å². The van der Waals surface area contributed by atoms with Gasteiger partial charge < -0.3 is 19.4 Å². The van der Waals surface area contributed by atoms with Gasteiger partial charge >= 0.3 is 6.09 Å². The third-order valence-corrected chi connectivity index (χ3v) is 4.72. The first-order valence-corrected chi connectivity index (χ1v) is 10.2. The zero-order valence-corrected chi connectivity index (χ0v) is 17.7. The molecule has 156 valence electrons. The zero-order chi connectivity index (χ0) is 20.9. The average molecular weight is 399 g/mol. The van der Waals surface area contributed by atoms with Gasteiger partial charge in [0.1, 0.15) is 17.9 Å². The highest BCUT2D eigenvalue weighted by atomic mass is 16.5. The van der Waals surface area contributed by atoms with E-state index in [1.165, 1.54) is 0 Å². The maximum absolute atomic E-state index is 12.2. The Hall–Kier alpha value is -2.67. The summed E-state index contributed by atoms with van der Waals surface area (Å²) in [5.41, 5.74) is 2.19. The third kappa shape index (κ3) is 5.03. The van der Waals surface area contributed by atoms with Crippen LogP contribution in [0.2, 0.25) is 0 Å². The molecule has 0 spiro atoms. The summed E-state index contributed by atoms with van der Waals surface area (Å²) in [6.45, 7) is 9.95. The second-order valence-electron chi connectivity index (χ2n) is 7.76. The molecule has 0 fully saturated rings. The monoisotopic (exact) mass is 398 g/mol. The number of benzene rings is 1. The van der Waals surface area contributed by atoms with Crippen LogP contribution in [-0.4, -0.2) is 39.4 Å². The number of alkyl carbamates (subject to hydrolysis) is 1. The van der Waals surface area contributed by atoms with Crippen LogP contribution >= 0.6 is 0 Å². The van der Waals surface area contributed by atoms with Crippen LogP contribution in [0.25, 0.3) is 21.9 Å². The summed E-state index contributed by atoms with van der Waals surface area (Å²) in [5, 5.41) is 4.01. The van der Waals surface area contributed by atoms with Crippen LogP contribution in [0, 0.1) is 0 Å². The highest BCUT2D eigenvalue weighted by Crippen LogP contribution is 2.26. The van der Waals surface area contributed by atoms with Gasteiger partial charge in [0.05, 0.1) is 29.4 Å². The van der Waals surface area contributed by atoms with Gasteiger partial charge in [0.25, 0.3) is 0 Å². The van der Waals surface area contributed by atoms with E-state index in [-0.39, 0.29) is 0 Å². The Morgan fingerprint density at radius 3 is 2.76 bits per heavy atom. The number of nitrogens with zero attached hydrogens (tertiary/aromatic N) is 3. The first-order valence-electron chi connectivity index (χ1n) is 10.2. The van der Waals surface area contributed by atoms with Gasteiger partial charge in [-0.1, -0.05) is 31.5 Å². The molecular weight excluding hydrogens is 368 g/mol. The fourth-order valence-electron chi connectivity index (χ4n) is 3.34. The molecule has 0 aliphatic rings. The number of rotatable bonds is 9. The lowest BCUT2D eigenvalue weighted by molar-refractivity contribution is 0.122. The molecule has 29 heavy (non-hydrogen) atoms. The zero-order valence-electron chi connectivity index (χ0n) is 17.7. The lowest BCUT2D eigenvalue weighted by Crippen LogP contribution is -2.47. The van der Waals surface area contributed by atoms with Gasteiger partial charge in [0.15, 0.2) is 0 Å². The Bertz CT molecular complexity index is 981. The van der Waals surface area contributed by atoms with Crippen molar-refractivity contribution in [2.24, 2.45) is 0 Å². The van der Waals surface area contributed by atoms with Crippen molar-refractivity contribution < 1.29 is 14.3 Å². The maximum Gasteiger partial charge on any atom is 0.407 e. The summed E-state index contributed by atoms with van der Waals surface area (Å²) in [4.78, 5) is 21.5. The van der Waals surface area contributed by atoms with Crippen molar-refractivity contribution in [1.82, 2.24) is 19.9 Å². The van der Waals surface area contributed by atoms with Crippen molar-refractivity contribution in [2.75, 3.05) is 13.2 Å². The molecule has 7 nitrogen and oxygen atoms in total. The Morgan fingerprint density at radius 1 is 1.21 bits per heavy atom. The minimum Gasteiger partial charge on any atom is -0.450 e. The minimum absolute atomic E-state index is 0.397. The molecule has 0 saturated heterocycles. The summed E-state index contributed by atoms with van der Waals surface area (Å²) in [5.74, 6) is 0.814. The van der Waals surface area contributed by atoms with Crippen LogP contribution < -0.4 is 5.32 Å². The Balaban J connectivity index is 1.95. The molecule has 0 atom stereocenters. The quantitative estimate of drug-likeness (QED) is 0.540. The van der Waals surface area contributed by atoms with E-state index >= 15 is 0 Å². The van der Waals surface area contributed by atoms with Gasteiger partial charge in [-0.05, 0) is 33.3 Å². The first-order chi connectivity index (χ1) is 13.9. The molecule has 3 aromatic rings. The lowest BCUT2D eigenvalue weighted by Gasteiger charge is -2.27. The van der Waals surface area contributed by atoms with Crippen LogP contribution in [0.3, 0.4) is 0 Å². The number of unbranched alkanes of at least 4 members (excludes halogenated alkanes) is 1. The molecule has 7 heteroatoms. The van der Waals surface area contributed by atoms with Gasteiger partial charge in [-0.3, -0.25) is 4.98 Å². The number of aromatic nitrogens is 3. The molecule has 0 aliphatic heterocycles. The number of para-hydroxylation sites is 1. The standard InChI is InChI=1S/C22H30N4O3/c1-5-7-12-29-21(27)25-22(3,4)15-26-19(14-28-6-2)24-18-13-23-17-11-9-8-10-16(17)20(18)26/h8-11,13H,5-7,12,14-15H2,1-4H3,(H,25,27). The van der Waals surface area contributed by atoms with Gasteiger partial charge in [-0.2, -0.15) is 0 Å². The predicted octanol–water partition coefficient (Wildman–Crippen LogP) is 4.43. The van der Waals surface area contributed by atoms with Gasteiger partial charge in [-0.15, -0.1) is 0 Å². The fraction of sp³-hybridized carbons (Fsp3) is 0.500. The number of ether oxygens (including phenoxy) is 2. The largest absolute Gasteiger partial charge is 0.450 e. The van der Waals surface area contributed by atoms with Crippen LogP contribution in [-0.2, 0) is 22.6 Å². The Labute approximate surface area is 171 Å². The molecule has 3 rings (SSSR count). The smallest absolute Gasteiger partial charge is 0.407 e. The molecule has 0 saturated carbocycles. The summed E-state index contributed by atoms with van der Waals surface area (Å²) >= 11 is 0. The van der Waals surface area contributed by atoms with Crippen molar-refractivity contribution in [1.29, 1.82) is 0 Å². The third-order valence-electron chi connectivity index (χ3n) is 4.72. The van der Waals surface area contributed by atoms with Crippen LogP contribution in [0.5, 0.6) is 0 Å². The fourth-order valence-corrected chi connectivity index (χ4v) is 3.34. The second-order valence-corrected chi connectivity index (χ2v) is 7.76. The molecule has 1 amide bonds. The van der Waals surface area contributed by atoms with Crippen molar-refractivity contribution in [3.63, 3.8) is 0 Å². The molecule has 0 unspecified atom stereocenters. The van der Waals surface area contributed by atoms with E-state index in [4.69, 9.17) is 14.5 Å². The van der Waals surface area contributed by atoms with Gasteiger partial charge in [0.2, 0.25) is 0 Å². The maximum atomic E-state index is 12.2. The first kappa shape index (κ1) is 21.0. The number of fused-ring (bicyclic) bond motifs is 3. The van der Waals surface area contributed by atoms with Crippen LogP contribution in [0.1, 0.15) is 46.4 Å². The van der Waals surface area contributed by atoms with E-state index in [1.807, 2.05) is 45.0 Å². The van der Waals surface area contributed by atoms with E-state index in [0.717, 1.165) is 40.6 Å². The van der Waals surface area contributed by atoms with Crippen LogP contribution in [0.4, 0.5) is 4.79 Å². The summed E-state index contributed by atoms with van der Waals surface area (Å²) in [7, 11) is 0. The highest BCUT2D eigenvalue weighted by molar-refractivity contribution is 6.02. The van der Waals surface area contributed by atoms with Gasteiger partial charge in [0, 0.05) is 18.5 Å². The minimum atomic E-state index is -0.539. The Kier molecular flexibility index (Phi) is 6.69. The number of nitrogens with one attached hydrogen (secondary N) is 1.